The molecule has 3 aliphatic rings. The minimum atomic E-state index is 0.276. The molecule has 2 saturated heterocycles. The lowest BCUT2D eigenvalue weighted by Crippen LogP contribution is -2.63. The van der Waals surface area contributed by atoms with Gasteiger partial charge in [0, 0.05) is 38.3 Å². The highest BCUT2D eigenvalue weighted by Crippen LogP contribution is 2.34. The van der Waals surface area contributed by atoms with Gasteiger partial charge in [0.05, 0.1) is 6.54 Å². The van der Waals surface area contributed by atoms with E-state index in [9.17, 15) is 4.79 Å². The van der Waals surface area contributed by atoms with Crippen molar-refractivity contribution in [2.75, 3.05) is 39.3 Å². The molecule has 0 aromatic carbocycles. The van der Waals surface area contributed by atoms with Crippen molar-refractivity contribution in [3.8, 4) is 0 Å². The molecule has 0 aromatic heterocycles. The molecule has 0 aromatic rings. The van der Waals surface area contributed by atoms with Crippen molar-refractivity contribution in [2.24, 2.45) is 0 Å². The Labute approximate surface area is 129 Å². The minimum Gasteiger partial charge on any atom is -0.342 e. The van der Waals surface area contributed by atoms with Crippen LogP contribution in [0.5, 0.6) is 0 Å². The molecule has 4 heteroatoms. The fourth-order valence-corrected chi connectivity index (χ4v) is 4.42. The van der Waals surface area contributed by atoms with Crippen molar-refractivity contribution < 1.29 is 4.79 Å². The number of hydrogen-bond donors (Lipinski definition) is 1. The summed E-state index contributed by atoms with van der Waals surface area (Å²) in [5, 5.41) is 3.57. The molecule has 0 radical (unpaired) electrons. The van der Waals surface area contributed by atoms with Gasteiger partial charge >= 0.3 is 0 Å². The third kappa shape index (κ3) is 3.59. The van der Waals surface area contributed by atoms with Gasteiger partial charge in [0.2, 0.25) is 5.91 Å². The van der Waals surface area contributed by atoms with E-state index in [0.29, 0.717) is 12.5 Å². The Morgan fingerprint density at radius 3 is 2.29 bits per heavy atom. The predicted octanol–water partition coefficient (Wildman–Crippen LogP) is 2.00. The van der Waals surface area contributed by atoms with E-state index in [1.54, 1.807) is 0 Å². The van der Waals surface area contributed by atoms with Gasteiger partial charge in [-0.2, -0.15) is 0 Å². The molecule has 1 spiro atoms. The van der Waals surface area contributed by atoms with Crippen molar-refractivity contribution in [3.63, 3.8) is 0 Å². The summed E-state index contributed by atoms with van der Waals surface area (Å²) in [6.07, 6.45) is 11.5. The second kappa shape index (κ2) is 7.10. The van der Waals surface area contributed by atoms with Crippen LogP contribution in [0.3, 0.4) is 0 Å². The quantitative estimate of drug-likeness (QED) is 0.846. The molecule has 3 rings (SSSR count). The highest BCUT2D eigenvalue weighted by atomic mass is 16.2. The van der Waals surface area contributed by atoms with E-state index in [1.165, 1.54) is 57.8 Å². The zero-order valence-electron chi connectivity index (χ0n) is 13.4. The Hall–Kier alpha value is -0.610. The van der Waals surface area contributed by atoms with Crippen LogP contribution in [-0.2, 0) is 4.79 Å². The second-order valence-electron chi connectivity index (χ2n) is 7.18. The largest absolute Gasteiger partial charge is 0.342 e. The molecule has 1 amide bonds. The van der Waals surface area contributed by atoms with Gasteiger partial charge in [-0.05, 0) is 25.7 Å². The molecule has 1 N–H and O–H groups in total. The number of amides is 1. The van der Waals surface area contributed by atoms with Crippen LogP contribution in [0.15, 0.2) is 0 Å². The number of likely N-dealkylation sites (tertiary alicyclic amines) is 1. The first-order valence-corrected chi connectivity index (χ1v) is 9.04. The van der Waals surface area contributed by atoms with Gasteiger partial charge in [0.25, 0.3) is 0 Å². The predicted molar refractivity (Wildman–Crippen MR) is 85.3 cm³/mol. The van der Waals surface area contributed by atoms with Crippen LogP contribution in [0, 0.1) is 0 Å². The lowest BCUT2D eigenvalue weighted by molar-refractivity contribution is -0.135. The van der Waals surface area contributed by atoms with Gasteiger partial charge < -0.3 is 10.2 Å². The van der Waals surface area contributed by atoms with Crippen LogP contribution in [0.25, 0.3) is 0 Å². The van der Waals surface area contributed by atoms with Crippen LogP contribution < -0.4 is 5.32 Å². The maximum atomic E-state index is 12.7. The summed E-state index contributed by atoms with van der Waals surface area (Å²) in [7, 11) is 0. The Morgan fingerprint density at radius 2 is 1.57 bits per heavy atom. The van der Waals surface area contributed by atoms with E-state index in [-0.39, 0.29) is 5.54 Å². The summed E-state index contributed by atoms with van der Waals surface area (Å²) in [6, 6.07) is 0. The van der Waals surface area contributed by atoms with Crippen molar-refractivity contribution >= 4 is 5.91 Å². The molecule has 0 atom stereocenters. The molecule has 0 unspecified atom stereocenters. The third-order valence-corrected chi connectivity index (χ3v) is 5.75. The number of carbonyl (C=O) groups excluding carboxylic acids is 1. The summed E-state index contributed by atoms with van der Waals surface area (Å²) < 4.78 is 0. The molecule has 1 aliphatic carbocycles. The number of hydrogen-bond acceptors (Lipinski definition) is 3. The average Bonchev–Trinajstić information content (AvgIpc) is 2.80. The zero-order chi connectivity index (χ0) is 14.5. The van der Waals surface area contributed by atoms with Crippen LogP contribution in [0.1, 0.15) is 57.8 Å². The first-order valence-electron chi connectivity index (χ1n) is 9.04. The van der Waals surface area contributed by atoms with Gasteiger partial charge in [0.1, 0.15) is 0 Å². The first kappa shape index (κ1) is 15.3. The Bertz CT molecular complexity index is 336. The van der Waals surface area contributed by atoms with Gasteiger partial charge in [0.15, 0.2) is 0 Å². The summed E-state index contributed by atoms with van der Waals surface area (Å²) in [5.41, 5.74) is 0.276. The lowest BCUT2D eigenvalue weighted by atomic mass is 9.79. The highest BCUT2D eigenvalue weighted by molar-refractivity contribution is 5.78. The molecule has 3 fully saturated rings. The van der Waals surface area contributed by atoms with E-state index in [2.05, 4.69) is 15.1 Å². The standard InChI is InChI=1S/C17H31N3O/c21-16(19-11-6-1-2-7-12-19)14-20-13-10-18-15-17(20)8-4-3-5-9-17/h18H,1-15H2. The van der Waals surface area contributed by atoms with E-state index in [4.69, 9.17) is 0 Å². The molecule has 0 bridgehead atoms. The van der Waals surface area contributed by atoms with Crippen LogP contribution >= 0.6 is 0 Å². The summed E-state index contributed by atoms with van der Waals surface area (Å²) in [4.78, 5) is 17.4. The van der Waals surface area contributed by atoms with Crippen molar-refractivity contribution in [1.29, 1.82) is 0 Å². The Balaban J connectivity index is 1.62. The smallest absolute Gasteiger partial charge is 0.236 e. The molecule has 1 saturated carbocycles. The molecule has 2 heterocycles. The molecule has 120 valence electrons. The van der Waals surface area contributed by atoms with E-state index in [0.717, 1.165) is 32.7 Å². The van der Waals surface area contributed by atoms with E-state index >= 15 is 0 Å². The lowest BCUT2D eigenvalue weighted by Gasteiger charge is -2.50. The fourth-order valence-electron chi connectivity index (χ4n) is 4.42. The van der Waals surface area contributed by atoms with E-state index in [1.807, 2.05) is 0 Å². The Morgan fingerprint density at radius 1 is 0.905 bits per heavy atom. The second-order valence-corrected chi connectivity index (χ2v) is 7.18. The van der Waals surface area contributed by atoms with Crippen molar-refractivity contribution in [2.45, 2.75) is 63.3 Å². The molecule has 21 heavy (non-hydrogen) atoms. The van der Waals surface area contributed by atoms with E-state index < -0.39 is 0 Å². The highest BCUT2D eigenvalue weighted by Gasteiger charge is 2.40. The molecule has 2 aliphatic heterocycles. The van der Waals surface area contributed by atoms with Crippen molar-refractivity contribution in [3.05, 3.63) is 0 Å². The van der Waals surface area contributed by atoms with Gasteiger partial charge in [-0.1, -0.05) is 32.1 Å². The zero-order valence-corrected chi connectivity index (χ0v) is 13.4. The Kier molecular flexibility index (Phi) is 5.17. The van der Waals surface area contributed by atoms with Crippen molar-refractivity contribution in [1.82, 2.24) is 15.1 Å². The normalized spacial score (nSPS) is 27.5. The monoisotopic (exact) mass is 293 g/mol. The summed E-state index contributed by atoms with van der Waals surface area (Å²) in [5.74, 6) is 0.378. The van der Waals surface area contributed by atoms with Gasteiger partial charge in [-0.25, -0.2) is 0 Å². The topological polar surface area (TPSA) is 35.6 Å². The maximum Gasteiger partial charge on any atom is 0.236 e. The third-order valence-electron chi connectivity index (χ3n) is 5.75. The average molecular weight is 293 g/mol. The number of rotatable bonds is 2. The maximum absolute atomic E-state index is 12.7. The van der Waals surface area contributed by atoms with Crippen LogP contribution in [-0.4, -0.2) is 60.5 Å². The number of nitrogens with zero attached hydrogens (tertiary/aromatic N) is 2. The number of nitrogens with one attached hydrogen (secondary N) is 1. The number of carbonyl (C=O) groups is 1. The van der Waals surface area contributed by atoms with Crippen LogP contribution in [0.4, 0.5) is 0 Å². The number of piperazine rings is 1. The fraction of sp³-hybridized carbons (Fsp3) is 0.941. The summed E-state index contributed by atoms with van der Waals surface area (Å²) in [6.45, 7) is 5.78. The van der Waals surface area contributed by atoms with Gasteiger partial charge in [-0.3, -0.25) is 9.69 Å². The van der Waals surface area contributed by atoms with Gasteiger partial charge in [-0.15, -0.1) is 0 Å². The molecular formula is C17H31N3O. The molecule has 4 nitrogen and oxygen atoms in total. The SMILES string of the molecule is O=C(CN1CCNCC12CCCCC2)N1CCCCCC1. The summed E-state index contributed by atoms with van der Waals surface area (Å²) >= 11 is 0. The minimum absolute atomic E-state index is 0.276. The first-order chi connectivity index (χ1) is 10.3. The van der Waals surface area contributed by atoms with Crippen LogP contribution in [0.2, 0.25) is 0 Å². The molecular weight excluding hydrogens is 262 g/mol.